The van der Waals surface area contributed by atoms with Crippen LogP contribution in [0, 0.1) is 0 Å². The molecule has 0 aliphatic heterocycles. The van der Waals surface area contributed by atoms with Crippen LogP contribution in [0.15, 0.2) is 12.5 Å². The molecule has 1 fully saturated rings. The van der Waals surface area contributed by atoms with Crippen LogP contribution in [-0.2, 0) is 11.2 Å². The average molecular weight is 245 g/mol. The number of hydrogen-bond acceptors (Lipinski definition) is 3. The molecule has 2 N–H and O–H groups in total. The Morgan fingerprint density at radius 3 is 2.94 bits per heavy atom. The molecule has 3 rings (SSSR count). The van der Waals surface area contributed by atoms with Gasteiger partial charge in [-0.05, 0) is 24.8 Å². The Kier molecular flexibility index (Phi) is 2.74. The lowest BCUT2D eigenvalue weighted by molar-refractivity contribution is -0.136. The summed E-state index contributed by atoms with van der Waals surface area (Å²) in [5.74, 6) is -0.249. The first-order valence-corrected chi connectivity index (χ1v) is 6.28. The fourth-order valence-electron chi connectivity index (χ4n) is 2.48. The highest BCUT2D eigenvalue weighted by Gasteiger charge is 2.24. The van der Waals surface area contributed by atoms with E-state index in [9.17, 15) is 4.79 Å². The van der Waals surface area contributed by atoms with Crippen molar-refractivity contribution in [3.8, 4) is 0 Å². The third-order valence-corrected chi connectivity index (χ3v) is 3.68. The second-order valence-corrected chi connectivity index (χ2v) is 4.82. The molecule has 0 unspecified atom stereocenters. The Balaban J connectivity index is 2.00. The summed E-state index contributed by atoms with van der Waals surface area (Å²) in [6.45, 7) is 0. The normalized spacial score (nSPS) is 15.8. The maximum atomic E-state index is 10.7. The molecule has 18 heavy (non-hydrogen) atoms. The lowest BCUT2D eigenvalue weighted by atomic mass is 9.81. The molecule has 2 heterocycles. The molecule has 0 radical (unpaired) electrons. The molecule has 94 valence electrons. The summed E-state index contributed by atoms with van der Waals surface area (Å²) >= 11 is 0. The van der Waals surface area contributed by atoms with Gasteiger partial charge in [0.2, 0.25) is 0 Å². The monoisotopic (exact) mass is 245 g/mol. The number of aromatic amines is 1. The predicted molar refractivity (Wildman–Crippen MR) is 66.4 cm³/mol. The number of aromatic nitrogens is 3. The summed E-state index contributed by atoms with van der Waals surface area (Å²) in [5, 5.41) is 9.82. The van der Waals surface area contributed by atoms with E-state index in [1.54, 1.807) is 6.33 Å². The van der Waals surface area contributed by atoms with E-state index in [0.717, 1.165) is 22.3 Å². The summed E-state index contributed by atoms with van der Waals surface area (Å²) in [6.07, 6.45) is 7.74. The maximum Gasteiger partial charge on any atom is 0.303 e. The molecular formula is C13H15N3O2. The smallest absolute Gasteiger partial charge is 0.303 e. The van der Waals surface area contributed by atoms with Crippen LogP contribution in [0.2, 0.25) is 0 Å². The molecule has 1 saturated carbocycles. The molecule has 1 aliphatic carbocycles. The van der Waals surface area contributed by atoms with E-state index in [1.807, 2.05) is 6.20 Å². The van der Waals surface area contributed by atoms with Gasteiger partial charge in [0.25, 0.3) is 0 Å². The van der Waals surface area contributed by atoms with Crippen LogP contribution in [-0.4, -0.2) is 26.0 Å². The molecule has 5 nitrogen and oxygen atoms in total. The summed E-state index contributed by atoms with van der Waals surface area (Å²) in [4.78, 5) is 22.4. The molecule has 0 aromatic carbocycles. The Morgan fingerprint density at radius 2 is 2.28 bits per heavy atom. The second kappa shape index (κ2) is 4.40. The van der Waals surface area contributed by atoms with Gasteiger partial charge in [-0.15, -0.1) is 0 Å². The van der Waals surface area contributed by atoms with E-state index < -0.39 is 5.97 Å². The molecule has 2 aromatic heterocycles. The topological polar surface area (TPSA) is 78.9 Å². The maximum absolute atomic E-state index is 10.7. The molecule has 1 aliphatic rings. The van der Waals surface area contributed by atoms with Crippen LogP contribution in [0.3, 0.4) is 0 Å². The minimum atomic E-state index is -0.772. The molecule has 0 spiro atoms. The Hall–Kier alpha value is -1.91. The van der Waals surface area contributed by atoms with E-state index in [0.29, 0.717) is 12.3 Å². The number of carboxylic acid groups (broad SMARTS) is 1. The van der Waals surface area contributed by atoms with Crippen molar-refractivity contribution in [3.05, 3.63) is 23.8 Å². The van der Waals surface area contributed by atoms with Crippen molar-refractivity contribution in [1.82, 2.24) is 15.0 Å². The summed E-state index contributed by atoms with van der Waals surface area (Å²) < 4.78 is 0. The van der Waals surface area contributed by atoms with E-state index in [4.69, 9.17) is 5.11 Å². The van der Waals surface area contributed by atoms with Crippen molar-refractivity contribution >= 4 is 17.0 Å². The van der Waals surface area contributed by atoms with Crippen LogP contribution in [0.25, 0.3) is 11.0 Å². The summed E-state index contributed by atoms with van der Waals surface area (Å²) in [5.41, 5.74) is 2.94. The van der Waals surface area contributed by atoms with Gasteiger partial charge in [0.15, 0.2) is 0 Å². The number of hydrogen-bond donors (Lipinski definition) is 2. The molecule has 0 amide bonds. The number of aryl methyl sites for hydroxylation is 1. The van der Waals surface area contributed by atoms with Gasteiger partial charge in [-0.1, -0.05) is 6.42 Å². The van der Waals surface area contributed by atoms with Crippen LogP contribution < -0.4 is 0 Å². The van der Waals surface area contributed by atoms with Crippen LogP contribution in [0.5, 0.6) is 0 Å². The number of nitrogens with one attached hydrogen (secondary N) is 1. The number of nitrogens with zero attached hydrogens (tertiary/aromatic N) is 2. The number of H-pyrrole nitrogens is 1. The van der Waals surface area contributed by atoms with Crippen molar-refractivity contribution < 1.29 is 9.90 Å². The Morgan fingerprint density at radius 1 is 1.44 bits per heavy atom. The molecule has 0 saturated heterocycles. The first-order chi connectivity index (χ1) is 8.75. The average Bonchev–Trinajstić information content (AvgIpc) is 2.68. The fraction of sp³-hybridized carbons (Fsp3) is 0.462. The largest absolute Gasteiger partial charge is 0.481 e. The summed E-state index contributed by atoms with van der Waals surface area (Å²) in [6, 6.07) is 0. The lowest BCUT2D eigenvalue weighted by Gasteiger charge is -2.25. The third-order valence-electron chi connectivity index (χ3n) is 3.68. The molecule has 2 aromatic rings. The molecule has 5 heteroatoms. The van der Waals surface area contributed by atoms with E-state index in [2.05, 4.69) is 15.0 Å². The molecular weight excluding hydrogens is 230 g/mol. The van der Waals surface area contributed by atoms with Gasteiger partial charge in [-0.25, -0.2) is 9.97 Å². The highest BCUT2D eigenvalue weighted by Crippen LogP contribution is 2.38. The Labute approximate surface area is 104 Å². The molecule has 0 bridgehead atoms. The van der Waals surface area contributed by atoms with Crippen molar-refractivity contribution in [1.29, 1.82) is 0 Å². The number of carbonyl (C=O) groups is 1. The SMILES string of the molecule is O=C(O)CCc1c[nH]c2ncnc(C3CCC3)c12. The van der Waals surface area contributed by atoms with Gasteiger partial charge in [-0.3, -0.25) is 4.79 Å². The van der Waals surface area contributed by atoms with Gasteiger partial charge in [0.05, 0.1) is 5.69 Å². The zero-order valence-electron chi connectivity index (χ0n) is 10.0. The number of carboxylic acids is 1. The number of fused-ring (bicyclic) bond motifs is 1. The minimum Gasteiger partial charge on any atom is -0.481 e. The minimum absolute atomic E-state index is 0.145. The van der Waals surface area contributed by atoms with Gasteiger partial charge >= 0.3 is 5.97 Å². The zero-order valence-corrected chi connectivity index (χ0v) is 10.0. The predicted octanol–water partition coefficient (Wildman–Crippen LogP) is 2.24. The first kappa shape index (κ1) is 11.2. The summed E-state index contributed by atoms with van der Waals surface area (Å²) in [7, 11) is 0. The van der Waals surface area contributed by atoms with Crippen molar-refractivity contribution in [2.75, 3.05) is 0 Å². The van der Waals surface area contributed by atoms with Gasteiger partial charge < -0.3 is 10.1 Å². The standard InChI is InChI=1S/C13H15N3O2/c17-10(18)5-4-9-6-14-13-11(9)12(15-7-16-13)8-2-1-3-8/h6-8H,1-5H2,(H,17,18)(H,14,15,16). The highest BCUT2D eigenvalue weighted by atomic mass is 16.4. The van der Waals surface area contributed by atoms with Crippen molar-refractivity contribution in [2.24, 2.45) is 0 Å². The van der Waals surface area contributed by atoms with Crippen LogP contribution >= 0.6 is 0 Å². The second-order valence-electron chi connectivity index (χ2n) is 4.82. The molecule has 0 atom stereocenters. The highest BCUT2D eigenvalue weighted by molar-refractivity contribution is 5.83. The van der Waals surface area contributed by atoms with Gasteiger partial charge in [0, 0.05) is 23.9 Å². The van der Waals surface area contributed by atoms with Crippen LogP contribution in [0.1, 0.15) is 42.9 Å². The number of aliphatic carboxylic acids is 1. The van der Waals surface area contributed by atoms with Gasteiger partial charge in [-0.2, -0.15) is 0 Å². The Bertz CT molecular complexity index is 587. The van der Waals surface area contributed by atoms with E-state index in [-0.39, 0.29) is 6.42 Å². The quantitative estimate of drug-likeness (QED) is 0.865. The van der Waals surface area contributed by atoms with Crippen molar-refractivity contribution in [2.45, 2.75) is 38.0 Å². The van der Waals surface area contributed by atoms with Gasteiger partial charge in [0.1, 0.15) is 12.0 Å². The zero-order chi connectivity index (χ0) is 12.5. The van der Waals surface area contributed by atoms with E-state index in [1.165, 1.54) is 19.3 Å². The fourth-order valence-corrected chi connectivity index (χ4v) is 2.48. The van der Waals surface area contributed by atoms with Crippen molar-refractivity contribution in [3.63, 3.8) is 0 Å². The van der Waals surface area contributed by atoms with Crippen LogP contribution in [0.4, 0.5) is 0 Å². The first-order valence-electron chi connectivity index (χ1n) is 6.28. The third kappa shape index (κ3) is 1.85. The number of rotatable bonds is 4. The van der Waals surface area contributed by atoms with E-state index >= 15 is 0 Å². The lowest BCUT2D eigenvalue weighted by Crippen LogP contribution is -2.11.